The highest BCUT2D eigenvalue weighted by molar-refractivity contribution is 7.13. The highest BCUT2D eigenvalue weighted by Gasteiger charge is 2.22. The topological polar surface area (TPSA) is 44.7 Å². The number of hydrogen-bond acceptors (Lipinski definition) is 4. The summed E-state index contributed by atoms with van der Waals surface area (Å²) in [4.78, 5) is 2.32. The zero-order chi connectivity index (χ0) is 12.8. The van der Waals surface area contributed by atoms with Crippen LogP contribution in [0, 0.1) is 0 Å². The second-order valence-electron chi connectivity index (χ2n) is 4.54. The number of benzene rings is 1. The molecule has 3 atom stereocenters. The number of nitrogens with zero attached hydrogens (tertiary/aromatic N) is 1. The first kappa shape index (κ1) is 13.9. The molecule has 0 aromatic heterocycles. The molecule has 1 aromatic rings. The van der Waals surface area contributed by atoms with Gasteiger partial charge in [0.2, 0.25) is 0 Å². The first-order valence-electron chi connectivity index (χ1n) is 6.30. The number of morpholine rings is 1. The van der Waals surface area contributed by atoms with Crippen molar-refractivity contribution in [2.24, 2.45) is 0 Å². The van der Waals surface area contributed by atoms with Gasteiger partial charge in [0.1, 0.15) is 0 Å². The summed E-state index contributed by atoms with van der Waals surface area (Å²) < 4.78 is 5.33. The first-order valence-corrected chi connectivity index (χ1v) is 6.88. The van der Waals surface area contributed by atoms with E-state index in [4.69, 9.17) is 4.74 Å². The van der Waals surface area contributed by atoms with Crippen LogP contribution in [-0.4, -0.2) is 48.9 Å². The third-order valence-corrected chi connectivity index (χ3v) is 3.72. The van der Waals surface area contributed by atoms with Gasteiger partial charge in [0.25, 0.3) is 0 Å². The standard InChI is InChI=1S/C13H21N2O2P/c16-13(11-4-2-1-3-5-11)12(14-18)10-15-6-8-17-9-7-15/h1-5,12-14,16H,6-10,18H2. The molecule has 3 unspecified atom stereocenters. The van der Waals surface area contributed by atoms with Gasteiger partial charge in [-0.2, -0.15) is 0 Å². The Labute approximate surface area is 111 Å². The van der Waals surface area contributed by atoms with E-state index in [0.29, 0.717) is 0 Å². The van der Waals surface area contributed by atoms with Gasteiger partial charge in [-0.15, -0.1) is 0 Å². The zero-order valence-electron chi connectivity index (χ0n) is 10.5. The predicted molar refractivity (Wildman–Crippen MR) is 75.3 cm³/mol. The van der Waals surface area contributed by atoms with Crippen LogP contribution < -0.4 is 5.09 Å². The molecule has 0 bridgehead atoms. The maximum atomic E-state index is 10.4. The molecule has 18 heavy (non-hydrogen) atoms. The van der Waals surface area contributed by atoms with Crippen LogP contribution in [0.2, 0.25) is 0 Å². The van der Waals surface area contributed by atoms with Gasteiger partial charge in [0.05, 0.1) is 25.4 Å². The van der Waals surface area contributed by atoms with E-state index in [1.54, 1.807) is 0 Å². The average molecular weight is 268 g/mol. The molecular formula is C13H21N2O2P. The lowest BCUT2D eigenvalue weighted by Crippen LogP contribution is -2.45. The summed E-state index contributed by atoms with van der Waals surface area (Å²) in [5.41, 5.74) is 0.950. The fraction of sp³-hybridized carbons (Fsp3) is 0.538. The fourth-order valence-corrected chi connectivity index (χ4v) is 2.48. The molecule has 1 saturated heterocycles. The molecule has 0 spiro atoms. The summed E-state index contributed by atoms with van der Waals surface area (Å²) in [5.74, 6) is 0. The van der Waals surface area contributed by atoms with Crippen LogP contribution in [-0.2, 0) is 4.74 Å². The molecule has 5 heteroatoms. The zero-order valence-corrected chi connectivity index (χ0v) is 11.6. The molecule has 1 aliphatic heterocycles. The molecule has 1 aliphatic rings. The van der Waals surface area contributed by atoms with E-state index in [1.165, 1.54) is 0 Å². The van der Waals surface area contributed by atoms with Crippen molar-refractivity contribution in [1.29, 1.82) is 0 Å². The van der Waals surface area contributed by atoms with Gasteiger partial charge in [-0.3, -0.25) is 9.99 Å². The van der Waals surface area contributed by atoms with Crippen molar-refractivity contribution < 1.29 is 9.84 Å². The molecule has 1 fully saturated rings. The van der Waals surface area contributed by atoms with E-state index in [9.17, 15) is 5.11 Å². The van der Waals surface area contributed by atoms with E-state index < -0.39 is 6.10 Å². The molecule has 2 N–H and O–H groups in total. The maximum absolute atomic E-state index is 10.4. The molecule has 4 nitrogen and oxygen atoms in total. The molecule has 0 radical (unpaired) electrons. The van der Waals surface area contributed by atoms with Crippen LogP contribution in [0.4, 0.5) is 0 Å². The molecule has 0 aliphatic carbocycles. The Morgan fingerprint density at radius 1 is 1.28 bits per heavy atom. The molecule has 2 rings (SSSR count). The Kier molecular flexibility index (Phi) is 5.54. The maximum Gasteiger partial charge on any atom is 0.0958 e. The lowest BCUT2D eigenvalue weighted by molar-refractivity contribution is 0.0233. The van der Waals surface area contributed by atoms with Crippen LogP contribution >= 0.6 is 9.39 Å². The minimum Gasteiger partial charge on any atom is -0.387 e. The number of rotatable bonds is 5. The van der Waals surface area contributed by atoms with Crippen molar-refractivity contribution >= 4 is 9.39 Å². The van der Waals surface area contributed by atoms with Gasteiger partial charge in [-0.05, 0) is 5.56 Å². The third kappa shape index (κ3) is 3.74. The summed E-state index contributed by atoms with van der Waals surface area (Å²) in [6, 6.07) is 9.79. The molecular weight excluding hydrogens is 247 g/mol. The van der Waals surface area contributed by atoms with Gasteiger partial charge in [-0.1, -0.05) is 39.7 Å². The summed E-state index contributed by atoms with van der Waals surface area (Å²) in [7, 11) is 2.51. The highest BCUT2D eigenvalue weighted by atomic mass is 31.0. The average Bonchev–Trinajstić information content (AvgIpc) is 2.46. The Bertz CT molecular complexity index is 344. The summed E-state index contributed by atoms with van der Waals surface area (Å²) in [6.07, 6.45) is -0.494. The van der Waals surface area contributed by atoms with E-state index in [-0.39, 0.29) is 6.04 Å². The van der Waals surface area contributed by atoms with E-state index in [1.807, 2.05) is 30.3 Å². The van der Waals surface area contributed by atoms with Gasteiger partial charge >= 0.3 is 0 Å². The summed E-state index contributed by atoms with van der Waals surface area (Å²) >= 11 is 0. The normalized spacial score (nSPS) is 20.6. The molecule has 0 saturated carbocycles. The highest BCUT2D eigenvalue weighted by Crippen LogP contribution is 2.18. The van der Waals surface area contributed by atoms with Gasteiger partial charge in [0, 0.05) is 19.6 Å². The lowest BCUT2D eigenvalue weighted by atomic mass is 10.0. The van der Waals surface area contributed by atoms with Crippen LogP contribution in [0.1, 0.15) is 11.7 Å². The fourth-order valence-electron chi connectivity index (χ4n) is 2.19. The van der Waals surface area contributed by atoms with Crippen LogP contribution in [0.3, 0.4) is 0 Å². The molecule has 0 amide bonds. The van der Waals surface area contributed by atoms with E-state index >= 15 is 0 Å². The minimum atomic E-state index is -0.494. The van der Waals surface area contributed by atoms with Crippen molar-refractivity contribution in [1.82, 2.24) is 9.99 Å². The van der Waals surface area contributed by atoms with Crippen LogP contribution in [0.25, 0.3) is 0 Å². The van der Waals surface area contributed by atoms with Gasteiger partial charge in [0.15, 0.2) is 0 Å². The smallest absolute Gasteiger partial charge is 0.0958 e. The van der Waals surface area contributed by atoms with Crippen molar-refractivity contribution in [3.8, 4) is 0 Å². The largest absolute Gasteiger partial charge is 0.387 e. The minimum absolute atomic E-state index is 0.00972. The van der Waals surface area contributed by atoms with Crippen molar-refractivity contribution in [3.63, 3.8) is 0 Å². The van der Waals surface area contributed by atoms with Crippen molar-refractivity contribution in [2.75, 3.05) is 32.8 Å². The Balaban J connectivity index is 1.95. The Hall–Kier alpha value is -0.510. The van der Waals surface area contributed by atoms with Crippen molar-refractivity contribution in [3.05, 3.63) is 35.9 Å². The summed E-state index contributed by atoms with van der Waals surface area (Å²) in [6.45, 7) is 4.26. The van der Waals surface area contributed by atoms with Gasteiger partial charge < -0.3 is 9.84 Å². The Morgan fingerprint density at radius 2 is 1.94 bits per heavy atom. The van der Waals surface area contributed by atoms with Gasteiger partial charge in [-0.25, -0.2) is 0 Å². The number of aliphatic hydroxyl groups is 1. The summed E-state index contributed by atoms with van der Waals surface area (Å²) in [5, 5.41) is 13.5. The lowest BCUT2D eigenvalue weighted by Gasteiger charge is -2.32. The number of hydrogen-bond donors (Lipinski definition) is 2. The Morgan fingerprint density at radius 3 is 2.56 bits per heavy atom. The molecule has 1 aromatic carbocycles. The second-order valence-corrected chi connectivity index (χ2v) is 4.87. The van der Waals surface area contributed by atoms with Crippen LogP contribution in [0.15, 0.2) is 30.3 Å². The first-order chi connectivity index (χ1) is 8.81. The molecule has 1 heterocycles. The van der Waals surface area contributed by atoms with Crippen molar-refractivity contribution in [2.45, 2.75) is 12.1 Å². The van der Waals surface area contributed by atoms with E-state index in [0.717, 1.165) is 38.4 Å². The third-order valence-electron chi connectivity index (χ3n) is 3.29. The molecule has 100 valence electrons. The number of aliphatic hydroxyl groups excluding tert-OH is 1. The monoisotopic (exact) mass is 268 g/mol. The predicted octanol–water partition coefficient (Wildman–Crippen LogP) is 0.800. The quantitative estimate of drug-likeness (QED) is 0.775. The SMILES string of the molecule is OC(c1ccccc1)C(CN1CCOCC1)NP. The van der Waals surface area contributed by atoms with E-state index in [2.05, 4.69) is 19.4 Å². The number of nitrogens with one attached hydrogen (secondary N) is 1. The number of ether oxygens (including phenoxy) is 1. The second kappa shape index (κ2) is 7.17. The van der Waals surface area contributed by atoms with Crippen LogP contribution in [0.5, 0.6) is 0 Å².